The molecule has 1 N–H and O–H groups in total. The summed E-state index contributed by atoms with van der Waals surface area (Å²) in [5.41, 5.74) is 0.722. The van der Waals surface area contributed by atoms with Crippen LogP contribution in [0.15, 0.2) is 41.8 Å². The van der Waals surface area contributed by atoms with Crippen LogP contribution in [0.1, 0.15) is 17.7 Å². The Morgan fingerprint density at radius 1 is 1.35 bits per heavy atom. The summed E-state index contributed by atoms with van der Waals surface area (Å²) < 4.78 is 34.6. The van der Waals surface area contributed by atoms with Gasteiger partial charge in [-0.15, -0.1) is 11.3 Å². The van der Waals surface area contributed by atoms with Crippen molar-refractivity contribution in [1.82, 2.24) is 4.90 Å². The second-order valence-corrected chi connectivity index (χ2v) is 7.35. The SMILES string of the molecule is FC(F)Oc1ccc(NC(=S)N(Cc2cccs2)C[C@H]2CCCO2)cc1. The number of anilines is 1. The molecule has 0 bridgehead atoms. The van der Waals surface area contributed by atoms with Crippen molar-refractivity contribution in [1.29, 1.82) is 0 Å². The van der Waals surface area contributed by atoms with E-state index in [1.807, 2.05) is 11.4 Å². The zero-order chi connectivity index (χ0) is 18.4. The summed E-state index contributed by atoms with van der Waals surface area (Å²) in [6, 6.07) is 10.4. The third-order valence-corrected chi connectivity index (χ3v) is 5.21. The van der Waals surface area contributed by atoms with Crippen molar-refractivity contribution in [2.45, 2.75) is 32.1 Å². The second kappa shape index (κ2) is 9.25. The molecule has 0 unspecified atom stereocenters. The Bertz CT molecular complexity index is 690. The van der Waals surface area contributed by atoms with Gasteiger partial charge in [0.05, 0.1) is 12.6 Å². The minimum atomic E-state index is -2.83. The predicted octanol–water partition coefficient (Wildman–Crippen LogP) is 4.73. The van der Waals surface area contributed by atoms with E-state index in [9.17, 15) is 8.78 Å². The highest BCUT2D eigenvalue weighted by atomic mass is 32.1. The van der Waals surface area contributed by atoms with Crippen molar-refractivity contribution < 1.29 is 18.3 Å². The molecule has 0 aliphatic carbocycles. The van der Waals surface area contributed by atoms with Gasteiger partial charge in [-0.2, -0.15) is 8.78 Å². The van der Waals surface area contributed by atoms with Crippen LogP contribution >= 0.6 is 23.6 Å². The fraction of sp³-hybridized carbons (Fsp3) is 0.389. The monoisotopic (exact) mass is 398 g/mol. The Morgan fingerprint density at radius 2 is 2.15 bits per heavy atom. The minimum absolute atomic E-state index is 0.117. The lowest BCUT2D eigenvalue weighted by Crippen LogP contribution is -2.39. The average molecular weight is 399 g/mol. The van der Waals surface area contributed by atoms with E-state index in [1.54, 1.807) is 23.5 Å². The van der Waals surface area contributed by atoms with Gasteiger partial charge >= 0.3 is 6.61 Å². The first-order valence-corrected chi connectivity index (χ1v) is 9.64. The number of nitrogens with zero attached hydrogens (tertiary/aromatic N) is 1. The molecule has 1 saturated heterocycles. The van der Waals surface area contributed by atoms with Crippen LogP contribution in [-0.4, -0.2) is 35.9 Å². The van der Waals surface area contributed by atoms with Gasteiger partial charge in [0, 0.05) is 23.7 Å². The molecule has 1 aromatic heterocycles. The fourth-order valence-electron chi connectivity index (χ4n) is 2.77. The van der Waals surface area contributed by atoms with Gasteiger partial charge in [0.1, 0.15) is 5.75 Å². The third kappa shape index (κ3) is 5.62. The van der Waals surface area contributed by atoms with E-state index >= 15 is 0 Å². The third-order valence-electron chi connectivity index (χ3n) is 3.99. The maximum absolute atomic E-state index is 12.2. The maximum atomic E-state index is 12.2. The van der Waals surface area contributed by atoms with Crippen LogP contribution in [0, 0.1) is 0 Å². The molecular formula is C18H20F2N2O2S2. The van der Waals surface area contributed by atoms with E-state index in [0.29, 0.717) is 11.7 Å². The highest BCUT2D eigenvalue weighted by Gasteiger charge is 2.21. The van der Waals surface area contributed by atoms with E-state index < -0.39 is 6.61 Å². The number of halogens is 2. The Hall–Kier alpha value is -1.77. The highest BCUT2D eigenvalue weighted by molar-refractivity contribution is 7.80. The quantitative estimate of drug-likeness (QED) is 0.682. The van der Waals surface area contributed by atoms with Crippen LogP contribution in [0.3, 0.4) is 0 Å². The van der Waals surface area contributed by atoms with Gasteiger partial charge in [0.25, 0.3) is 0 Å². The summed E-state index contributed by atoms with van der Waals surface area (Å²) in [5.74, 6) is 0.117. The summed E-state index contributed by atoms with van der Waals surface area (Å²) in [4.78, 5) is 3.30. The van der Waals surface area contributed by atoms with Crippen LogP contribution < -0.4 is 10.1 Å². The second-order valence-electron chi connectivity index (χ2n) is 5.93. The molecule has 0 spiro atoms. The lowest BCUT2D eigenvalue weighted by Gasteiger charge is -2.28. The van der Waals surface area contributed by atoms with E-state index in [-0.39, 0.29) is 11.9 Å². The Morgan fingerprint density at radius 3 is 2.77 bits per heavy atom. The number of ether oxygens (including phenoxy) is 2. The minimum Gasteiger partial charge on any atom is -0.435 e. The molecule has 0 amide bonds. The highest BCUT2D eigenvalue weighted by Crippen LogP contribution is 2.21. The molecule has 4 nitrogen and oxygen atoms in total. The number of thiocarbonyl (C=S) groups is 1. The van der Waals surface area contributed by atoms with E-state index in [4.69, 9.17) is 17.0 Å². The van der Waals surface area contributed by atoms with Gasteiger partial charge in [-0.25, -0.2) is 0 Å². The lowest BCUT2D eigenvalue weighted by atomic mass is 10.2. The molecule has 8 heteroatoms. The smallest absolute Gasteiger partial charge is 0.387 e. The van der Waals surface area contributed by atoms with E-state index in [0.717, 1.165) is 31.7 Å². The first-order valence-electron chi connectivity index (χ1n) is 8.35. The van der Waals surface area contributed by atoms with Crippen LogP contribution in [0.25, 0.3) is 0 Å². The average Bonchev–Trinajstić information content (AvgIpc) is 3.29. The molecule has 3 rings (SSSR count). The van der Waals surface area contributed by atoms with Crippen molar-refractivity contribution in [3.05, 3.63) is 46.7 Å². The van der Waals surface area contributed by atoms with Gasteiger partial charge in [0.2, 0.25) is 0 Å². The molecule has 0 saturated carbocycles. The molecule has 1 fully saturated rings. The summed E-state index contributed by atoms with van der Waals surface area (Å²) in [7, 11) is 0. The molecule has 1 aliphatic rings. The number of thiophene rings is 1. The molecule has 2 heterocycles. The van der Waals surface area contributed by atoms with Crippen molar-refractivity contribution in [2.24, 2.45) is 0 Å². The van der Waals surface area contributed by atoms with Gasteiger partial charge in [-0.05, 0) is 60.8 Å². The fourth-order valence-corrected chi connectivity index (χ4v) is 3.74. The number of alkyl halides is 2. The molecule has 2 aromatic rings. The van der Waals surface area contributed by atoms with Crippen LogP contribution in [0.5, 0.6) is 5.75 Å². The predicted molar refractivity (Wildman–Crippen MR) is 103 cm³/mol. The standard InChI is InChI=1S/C18H20F2N2O2S2/c19-17(20)24-14-7-5-13(6-8-14)21-18(25)22(11-15-3-1-9-23-15)12-16-4-2-10-26-16/h2,4-8,10,15,17H,1,3,9,11-12H2,(H,21,25)/t15-/m1/s1. The number of benzene rings is 1. The first-order chi connectivity index (χ1) is 12.6. The normalized spacial score (nSPS) is 16.7. The van der Waals surface area contributed by atoms with Gasteiger partial charge in [0.15, 0.2) is 5.11 Å². The number of hydrogen-bond donors (Lipinski definition) is 1. The molecular weight excluding hydrogens is 378 g/mol. The summed E-state index contributed by atoms with van der Waals surface area (Å²) in [6.45, 7) is -0.613. The van der Waals surface area contributed by atoms with Crippen LogP contribution in [0.2, 0.25) is 0 Å². The molecule has 26 heavy (non-hydrogen) atoms. The van der Waals surface area contributed by atoms with Crippen molar-refractivity contribution in [3.8, 4) is 5.75 Å². The number of nitrogens with one attached hydrogen (secondary N) is 1. The zero-order valence-corrected chi connectivity index (χ0v) is 15.7. The topological polar surface area (TPSA) is 33.7 Å². The largest absolute Gasteiger partial charge is 0.435 e. The van der Waals surface area contributed by atoms with Crippen molar-refractivity contribution >= 4 is 34.4 Å². The molecule has 1 atom stereocenters. The lowest BCUT2D eigenvalue weighted by molar-refractivity contribution is -0.0498. The molecule has 140 valence electrons. The van der Waals surface area contributed by atoms with E-state index in [2.05, 4.69) is 21.0 Å². The maximum Gasteiger partial charge on any atom is 0.387 e. The number of rotatable bonds is 7. The van der Waals surface area contributed by atoms with Gasteiger partial charge < -0.3 is 19.7 Å². The Labute approximate surface area is 160 Å². The van der Waals surface area contributed by atoms with E-state index in [1.165, 1.54) is 17.0 Å². The van der Waals surface area contributed by atoms with Crippen LogP contribution in [0.4, 0.5) is 14.5 Å². The number of hydrogen-bond acceptors (Lipinski definition) is 4. The van der Waals surface area contributed by atoms with Crippen molar-refractivity contribution in [2.75, 3.05) is 18.5 Å². The summed E-state index contributed by atoms with van der Waals surface area (Å²) in [5, 5.41) is 5.79. The molecule has 1 aliphatic heterocycles. The van der Waals surface area contributed by atoms with Crippen molar-refractivity contribution in [3.63, 3.8) is 0 Å². The van der Waals surface area contributed by atoms with Gasteiger partial charge in [-0.3, -0.25) is 0 Å². The zero-order valence-electron chi connectivity index (χ0n) is 14.1. The van der Waals surface area contributed by atoms with Crippen LogP contribution in [-0.2, 0) is 11.3 Å². The van der Waals surface area contributed by atoms with Gasteiger partial charge in [-0.1, -0.05) is 6.07 Å². The summed E-state index contributed by atoms with van der Waals surface area (Å²) >= 11 is 7.26. The molecule has 1 aromatic carbocycles. The Kier molecular flexibility index (Phi) is 6.76. The first kappa shape index (κ1) is 19.0. The summed E-state index contributed by atoms with van der Waals surface area (Å²) in [6.07, 6.45) is 2.28. The molecule has 0 radical (unpaired) electrons. The Balaban J connectivity index is 1.63.